The highest BCUT2D eigenvalue weighted by Gasteiger charge is 2.04. The predicted molar refractivity (Wildman–Crippen MR) is 201 cm³/mol. The Kier molecular flexibility index (Phi) is 37.4. The van der Waals surface area contributed by atoms with E-state index in [1.54, 1.807) is 6.07 Å². The molecular formula is C37H66N2O16. The molecule has 1 amide bonds. The zero-order valence-electron chi connectivity index (χ0n) is 32.5. The second-order valence-corrected chi connectivity index (χ2v) is 11.3. The van der Waals surface area contributed by atoms with Gasteiger partial charge in [0.25, 0.3) is 0 Å². The molecule has 55 heavy (non-hydrogen) atoms. The van der Waals surface area contributed by atoms with Crippen molar-refractivity contribution in [2.75, 3.05) is 177 Å². The minimum absolute atomic E-state index is 0.0132. The van der Waals surface area contributed by atoms with Crippen LogP contribution in [-0.2, 0) is 66.4 Å². The van der Waals surface area contributed by atoms with Crippen molar-refractivity contribution in [2.24, 2.45) is 0 Å². The van der Waals surface area contributed by atoms with Crippen molar-refractivity contribution in [2.45, 2.75) is 19.3 Å². The van der Waals surface area contributed by atoms with E-state index in [0.717, 1.165) is 0 Å². The number of para-hydroxylation sites is 2. The number of nitrogen functional groups attached to an aromatic ring is 1. The van der Waals surface area contributed by atoms with Gasteiger partial charge in [-0.2, -0.15) is 0 Å². The van der Waals surface area contributed by atoms with Crippen LogP contribution in [0.3, 0.4) is 0 Å². The van der Waals surface area contributed by atoms with E-state index in [9.17, 15) is 9.59 Å². The Labute approximate surface area is 325 Å². The molecule has 18 heteroatoms. The van der Waals surface area contributed by atoms with Gasteiger partial charge in [0.15, 0.2) is 0 Å². The van der Waals surface area contributed by atoms with Crippen molar-refractivity contribution < 1.29 is 76.3 Å². The van der Waals surface area contributed by atoms with Gasteiger partial charge >= 0.3 is 5.97 Å². The molecule has 4 N–H and O–H groups in total. The van der Waals surface area contributed by atoms with Gasteiger partial charge in [0, 0.05) is 19.6 Å². The first-order chi connectivity index (χ1) is 27.1. The number of carbonyl (C=O) groups is 2. The van der Waals surface area contributed by atoms with Crippen molar-refractivity contribution in [1.29, 1.82) is 0 Å². The summed E-state index contributed by atoms with van der Waals surface area (Å²) in [6.45, 7) is 12.3. The maximum Gasteiger partial charge on any atom is 0.303 e. The Morgan fingerprint density at radius 3 is 1.09 bits per heavy atom. The van der Waals surface area contributed by atoms with Crippen LogP contribution in [0.4, 0.5) is 5.69 Å². The summed E-state index contributed by atoms with van der Waals surface area (Å²) in [4.78, 5) is 21.8. The van der Waals surface area contributed by atoms with Crippen LogP contribution < -0.4 is 15.8 Å². The fraction of sp³-hybridized carbons (Fsp3) is 0.784. The number of hydrogen-bond donors (Lipinski definition) is 3. The molecule has 18 nitrogen and oxygen atoms in total. The maximum atomic E-state index is 11.4. The first-order valence-electron chi connectivity index (χ1n) is 19.0. The summed E-state index contributed by atoms with van der Waals surface area (Å²) in [6.07, 6.45) is 0.468. The molecule has 1 aromatic carbocycles. The fourth-order valence-corrected chi connectivity index (χ4v) is 4.05. The number of anilines is 1. The largest absolute Gasteiger partial charge is 0.489 e. The summed E-state index contributed by atoms with van der Waals surface area (Å²) in [6, 6.07) is 7.36. The van der Waals surface area contributed by atoms with E-state index in [2.05, 4.69) is 5.32 Å². The molecule has 0 aliphatic carbocycles. The predicted octanol–water partition coefficient (Wildman–Crippen LogP) is 1.22. The number of hydrogen-bond acceptors (Lipinski definition) is 16. The van der Waals surface area contributed by atoms with Crippen LogP contribution in [0.2, 0.25) is 0 Å². The Morgan fingerprint density at radius 1 is 0.455 bits per heavy atom. The first-order valence-corrected chi connectivity index (χ1v) is 19.0. The number of carbonyl (C=O) groups excluding carboxylic acids is 1. The Bertz CT molecular complexity index is 996. The number of benzene rings is 1. The summed E-state index contributed by atoms with van der Waals surface area (Å²) >= 11 is 0. The Hall–Kier alpha value is -2.72. The molecule has 0 radical (unpaired) electrons. The Balaban J connectivity index is 1.62. The average molecular weight is 795 g/mol. The zero-order valence-corrected chi connectivity index (χ0v) is 32.5. The van der Waals surface area contributed by atoms with Crippen LogP contribution in [0.5, 0.6) is 5.75 Å². The molecule has 0 unspecified atom stereocenters. The normalized spacial score (nSPS) is 11.3. The van der Waals surface area contributed by atoms with Crippen LogP contribution in [0.15, 0.2) is 24.3 Å². The lowest BCUT2D eigenvalue weighted by Crippen LogP contribution is -2.25. The van der Waals surface area contributed by atoms with E-state index in [0.29, 0.717) is 190 Å². The minimum Gasteiger partial charge on any atom is -0.489 e. The minimum atomic E-state index is -0.985. The monoisotopic (exact) mass is 794 g/mol. The molecule has 1 aromatic rings. The third kappa shape index (κ3) is 38.0. The highest BCUT2D eigenvalue weighted by Crippen LogP contribution is 2.19. The number of carboxylic acid groups (broad SMARTS) is 1. The number of nitrogens with one attached hydrogen (secondary N) is 1. The van der Waals surface area contributed by atoms with Gasteiger partial charge < -0.3 is 77.7 Å². The summed E-state index contributed by atoms with van der Waals surface area (Å²) in [5.74, 6) is -0.593. The van der Waals surface area contributed by atoms with Crippen molar-refractivity contribution in [1.82, 2.24) is 5.32 Å². The summed E-state index contributed by atoms with van der Waals surface area (Å²) < 4.78 is 71.2. The summed E-state index contributed by atoms with van der Waals surface area (Å²) in [5, 5.41) is 11.2. The van der Waals surface area contributed by atoms with Crippen molar-refractivity contribution in [3.8, 4) is 5.75 Å². The lowest BCUT2D eigenvalue weighted by Gasteiger charge is -2.10. The van der Waals surface area contributed by atoms with Crippen LogP contribution in [-0.4, -0.2) is 189 Å². The molecule has 0 fully saturated rings. The van der Waals surface area contributed by atoms with Gasteiger partial charge in [-0.25, -0.2) is 0 Å². The number of rotatable bonds is 44. The first kappa shape index (κ1) is 50.3. The van der Waals surface area contributed by atoms with Crippen LogP contribution in [0.25, 0.3) is 0 Å². The van der Waals surface area contributed by atoms with Crippen LogP contribution in [0, 0.1) is 0 Å². The summed E-state index contributed by atoms with van der Waals surface area (Å²) in [5.41, 5.74) is 6.43. The SMILES string of the molecule is Nc1ccccc1OCCOCCOCCOCCOCCOCCOCCOCCOCCOCCOCCOCCOCCCNC(=O)CCC(=O)O. The highest BCUT2D eigenvalue weighted by atomic mass is 16.6. The molecule has 1 rings (SSSR count). The number of amides is 1. The van der Waals surface area contributed by atoms with Crippen molar-refractivity contribution >= 4 is 17.6 Å². The molecule has 0 bridgehead atoms. The molecule has 320 valence electrons. The lowest BCUT2D eigenvalue weighted by molar-refractivity contribution is -0.138. The summed E-state index contributed by atoms with van der Waals surface area (Å²) in [7, 11) is 0. The quantitative estimate of drug-likeness (QED) is 0.0626. The molecule has 0 spiro atoms. The Morgan fingerprint density at radius 2 is 0.764 bits per heavy atom. The maximum absolute atomic E-state index is 11.4. The number of nitrogens with two attached hydrogens (primary N) is 1. The highest BCUT2D eigenvalue weighted by molar-refractivity contribution is 5.80. The van der Waals surface area contributed by atoms with E-state index < -0.39 is 5.97 Å². The molecular weight excluding hydrogens is 728 g/mol. The molecule has 0 aromatic heterocycles. The van der Waals surface area contributed by atoms with E-state index in [1.165, 1.54) is 0 Å². The molecule has 0 aliphatic rings. The van der Waals surface area contributed by atoms with E-state index in [1.807, 2.05) is 18.2 Å². The molecule has 0 saturated carbocycles. The van der Waals surface area contributed by atoms with Gasteiger partial charge in [-0.15, -0.1) is 0 Å². The number of carboxylic acids is 1. The smallest absolute Gasteiger partial charge is 0.303 e. The standard InChI is InChI=1S/C37H66N2O16/c38-34-4-1-2-5-35(34)55-33-32-54-31-30-53-29-28-52-27-26-51-25-24-50-23-22-49-21-20-48-19-18-47-17-16-46-15-14-45-13-12-44-11-10-43-9-3-8-39-36(40)6-7-37(41)42/h1-2,4-5H,3,6-33,38H2,(H,39,40)(H,41,42). The van der Waals surface area contributed by atoms with E-state index in [-0.39, 0.29) is 18.7 Å². The third-order valence-corrected chi connectivity index (χ3v) is 6.85. The lowest BCUT2D eigenvalue weighted by atomic mass is 10.3. The van der Waals surface area contributed by atoms with Gasteiger partial charge in [0.2, 0.25) is 5.91 Å². The molecule has 0 aliphatic heterocycles. The van der Waals surface area contributed by atoms with E-state index >= 15 is 0 Å². The van der Waals surface area contributed by atoms with E-state index in [4.69, 9.17) is 72.4 Å². The fourth-order valence-electron chi connectivity index (χ4n) is 4.05. The average Bonchev–Trinajstić information content (AvgIpc) is 3.18. The molecule has 0 atom stereocenters. The second kappa shape index (κ2) is 40.9. The second-order valence-electron chi connectivity index (χ2n) is 11.3. The van der Waals surface area contributed by atoms with Gasteiger partial charge in [-0.3, -0.25) is 9.59 Å². The van der Waals surface area contributed by atoms with Gasteiger partial charge in [0.05, 0.1) is 164 Å². The molecule has 0 saturated heterocycles. The number of ether oxygens (including phenoxy) is 13. The van der Waals surface area contributed by atoms with Gasteiger partial charge in [-0.05, 0) is 18.6 Å². The topological polar surface area (TPSA) is 212 Å². The number of aliphatic carboxylic acids is 1. The van der Waals surface area contributed by atoms with Gasteiger partial charge in [-0.1, -0.05) is 12.1 Å². The zero-order chi connectivity index (χ0) is 39.5. The van der Waals surface area contributed by atoms with Gasteiger partial charge in [0.1, 0.15) is 12.4 Å². The third-order valence-electron chi connectivity index (χ3n) is 6.85. The van der Waals surface area contributed by atoms with Crippen LogP contribution >= 0.6 is 0 Å². The van der Waals surface area contributed by atoms with Crippen molar-refractivity contribution in [3.05, 3.63) is 24.3 Å². The van der Waals surface area contributed by atoms with Crippen molar-refractivity contribution in [3.63, 3.8) is 0 Å². The van der Waals surface area contributed by atoms with Crippen LogP contribution in [0.1, 0.15) is 19.3 Å². The molecule has 0 heterocycles.